The van der Waals surface area contributed by atoms with E-state index in [9.17, 15) is 0 Å². The molecular weight excluding hydrogens is 268 g/mol. The van der Waals surface area contributed by atoms with E-state index in [2.05, 4.69) is 61.5 Å². The van der Waals surface area contributed by atoms with Crippen LogP contribution in [-0.4, -0.2) is 6.04 Å². The fourth-order valence-electron chi connectivity index (χ4n) is 3.10. The van der Waals surface area contributed by atoms with Crippen molar-refractivity contribution in [2.45, 2.75) is 24.8 Å². The van der Waals surface area contributed by atoms with Crippen LogP contribution in [-0.2, 0) is 5.41 Å². The lowest BCUT2D eigenvalue weighted by molar-refractivity contribution is 0.671. The van der Waals surface area contributed by atoms with E-state index in [1.165, 1.54) is 16.7 Å². The zero-order valence-corrected chi connectivity index (χ0v) is 12.9. The lowest BCUT2D eigenvalue weighted by atomic mass is 9.69. The summed E-state index contributed by atoms with van der Waals surface area (Å²) in [7, 11) is 0. The summed E-state index contributed by atoms with van der Waals surface area (Å²) in [5.74, 6) is 0. The van der Waals surface area contributed by atoms with Gasteiger partial charge in [0.1, 0.15) is 0 Å². The highest BCUT2D eigenvalue weighted by Gasteiger charge is 2.32. The first-order valence-electron chi connectivity index (χ1n) is 7.66. The molecule has 1 aliphatic rings. The van der Waals surface area contributed by atoms with Crippen LogP contribution in [0.2, 0.25) is 0 Å². The third-order valence-electron chi connectivity index (χ3n) is 4.55. The standard InChI is InChI=1S/C20H22N2/c1-20(15-5-3-2-4-6-15,16-7-11-18(21)12-8-16)17-9-13-19(22)14-10-17/h2-13,19H,14,21-22H2,1H3. The largest absolute Gasteiger partial charge is 0.399 e. The smallest absolute Gasteiger partial charge is 0.0420 e. The number of hydrogen-bond acceptors (Lipinski definition) is 2. The van der Waals surface area contributed by atoms with Gasteiger partial charge in [0, 0.05) is 17.1 Å². The number of nitrogen functional groups attached to an aromatic ring is 1. The van der Waals surface area contributed by atoms with E-state index in [1.807, 2.05) is 18.2 Å². The number of anilines is 1. The summed E-state index contributed by atoms with van der Waals surface area (Å²) in [6.07, 6.45) is 7.39. The van der Waals surface area contributed by atoms with Crippen molar-refractivity contribution in [3.8, 4) is 0 Å². The Bertz CT molecular complexity index is 698. The number of hydrogen-bond donors (Lipinski definition) is 2. The van der Waals surface area contributed by atoms with E-state index in [1.54, 1.807) is 0 Å². The molecule has 2 aromatic carbocycles. The van der Waals surface area contributed by atoms with Crippen LogP contribution < -0.4 is 11.5 Å². The molecule has 2 unspecified atom stereocenters. The Hall–Kier alpha value is -2.32. The maximum atomic E-state index is 5.99. The molecule has 0 spiro atoms. The summed E-state index contributed by atoms with van der Waals surface area (Å²) in [4.78, 5) is 0. The van der Waals surface area contributed by atoms with Crippen molar-refractivity contribution < 1.29 is 0 Å². The molecule has 0 saturated heterocycles. The van der Waals surface area contributed by atoms with Crippen LogP contribution in [0.15, 0.2) is 78.4 Å². The van der Waals surface area contributed by atoms with E-state index in [-0.39, 0.29) is 11.5 Å². The van der Waals surface area contributed by atoms with E-state index < -0.39 is 0 Å². The zero-order chi connectivity index (χ0) is 15.6. The lowest BCUT2D eigenvalue weighted by Gasteiger charge is -2.34. The van der Waals surface area contributed by atoms with Gasteiger partial charge in [-0.25, -0.2) is 0 Å². The summed E-state index contributed by atoms with van der Waals surface area (Å²) < 4.78 is 0. The van der Waals surface area contributed by atoms with Crippen LogP contribution in [0.25, 0.3) is 0 Å². The average Bonchev–Trinajstić information content (AvgIpc) is 2.56. The van der Waals surface area contributed by atoms with Crippen LogP contribution >= 0.6 is 0 Å². The second-order valence-electron chi connectivity index (χ2n) is 6.03. The van der Waals surface area contributed by atoms with Crippen LogP contribution in [0.1, 0.15) is 24.5 Å². The lowest BCUT2D eigenvalue weighted by Crippen LogP contribution is -2.28. The summed E-state index contributed by atoms with van der Waals surface area (Å²) in [5, 5.41) is 0. The van der Waals surface area contributed by atoms with Crippen molar-refractivity contribution in [1.29, 1.82) is 0 Å². The summed E-state index contributed by atoms with van der Waals surface area (Å²) in [6, 6.07) is 18.9. The molecule has 0 fully saturated rings. The number of nitrogens with two attached hydrogens (primary N) is 2. The molecule has 0 bridgehead atoms. The number of benzene rings is 2. The van der Waals surface area contributed by atoms with Gasteiger partial charge in [-0.05, 0) is 42.2 Å². The molecule has 2 nitrogen and oxygen atoms in total. The molecule has 3 rings (SSSR count). The molecule has 0 aromatic heterocycles. The van der Waals surface area contributed by atoms with Crippen molar-refractivity contribution in [2.75, 3.05) is 5.73 Å². The Balaban J connectivity index is 2.14. The summed E-state index contributed by atoms with van der Waals surface area (Å²) in [5.41, 5.74) is 16.2. The van der Waals surface area contributed by atoms with Gasteiger partial charge in [-0.2, -0.15) is 0 Å². The number of allylic oxidation sites excluding steroid dienone is 2. The first kappa shape index (κ1) is 14.6. The average molecular weight is 290 g/mol. The number of rotatable bonds is 3. The molecule has 2 aromatic rings. The molecule has 0 heterocycles. The van der Waals surface area contributed by atoms with Gasteiger partial charge in [-0.3, -0.25) is 0 Å². The third-order valence-corrected chi connectivity index (χ3v) is 4.55. The van der Waals surface area contributed by atoms with Crippen LogP contribution in [0.5, 0.6) is 0 Å². The summed E-state index contributed by atoms with van der Waals surface area (Å²) in [6.45, 7) is 2.26. The topological polar surface area (TPSA) is 52.0 Å². The highest BCUT2D eigenvalue weighted by atomic mass is 14.6. The first-order valence-corrected chi connectivity index (χ1v) is 7.66. The molecule has 22 heavy (non-hydrogen) atoms. The van der Waals surface area contributed by atoms with Gasteiger partial charge in [-0.15, -0.1) is 0 Å². The molecule has 0 aliphatic heterocycles. The first-order chi connectivity index (χ1) is 10.6. The van der Waals surface area contributed by atoms with Gasteiger partial charge in [0.05, 0.1) is 0 Å². The van der Waals surface area contributed by atoms with E-state index >= 15 is 0 Å². The minimum atomic E-state index is -0.203. The van der Waals surface area contributed by atoms with Crippen LogP contribution in [0.4, 0.5) is 5.69 Å². The Morgan fingerprint density at radius 2 is 1.59 bits per heavy atom. The molecule has 0 saturated carbocycles. The predicted octanol–water partition coefficient (Wildman–Crippen LogP) is 3.79. The third kappa shape index (κ3) is 2.58. The van der Waals surface area contributed by atoms with Gasteiger partial charge >= 0.3 is 0 Å². The van der Waals surface area contributed by atoms with Crippen molar-refractivity contribution in [3.63, 3.8) is 0 Å². The maximum absolute atomic E-state index is 5.99. The van der Waals surface area contributed by atoms with Gasteiger partial charge < -0.3 is 11.5 Å². The van der Waals surface area contributed by atoms with E-state index in [4.69, 9.17) is 11.5 Å². The molecule has 1 aliphatic carbocycles. The second-order valence-corrected chi connectivity index (χ2v) is 6.03. The van der Waals surface area contributed by atoms with Crippen molar-refractivity contribution in [3.05, 3.63) is 89.5 Å². The van der Waals surface area contributed by atoms with Gasteiger partial charge in [0.15, 0.2) is 0 Å². The SMILES string of the molecule is CC(C1=CCC(N)C=C1)(c1ccccc1)c1ccc(N)cc1. The fraction of sp³-hybridized carbons (Fsp3) is 0.200. The Labute approximate surface area is 132 Å². The van der Waals surface area contributed by atoms with Crippen LogP contribution in [0.3, 0.4) is 0 Å². The monoisotopic (exact) mass is 290 g/mol. The molecule has 112 valence electrons. The van der Waals surface area contributed by atoms with Gasteiger partial charge in [0.2, 0.25) is 0 Å². The second kappa shape index (κ2) is 5.82. The quantitative estimate of drug-likeness (QED) is 0.845. The van der Waals surface area contributed by atoms with Crippen molar-refractivity contribution in [1.82, 2.24) is 0 Å². The van der Waals surface area contributed by atoms with Gasteiger partial charge in [-0.1, -0.05) is 60.7 Å². The molecule has 2 heteroatoms. The Kier molecular flexibility index (Phi) is 3.86. The Morgan fingerprint density at radius 3 is 2.18 bits per heavy atom. The normalized spacial score (nSPS) is 20.3. The molecular formula is C20H22N2. The van der Waals surface area contributed by atoms with Crippen molar-refractivity contribution in [2.24, 2.45) is 5.73 Å². The molecule has 2 atom stereocenters. The maximum Gasteiger partial charge on any atom is 0.0420 e. The highest BCUT2D eigenvalue weighted by Crippen LogP contribution is 2.40. The molecule has 4 N–H and O–H groups in total. The van der Waals surface area contributed by atoms with E-state index in [0.29, 0.717) is 0 Å². The predicted molar refractivity (Wildman–Crippen MR) is 93.6 cm³/mol. The fourth-order valence-corrected chi connectivity index (χ4v) is 3.10. The van der Waals surface area contributed by atoms with Crippen molar-refractivity contribution >= 4 is 5.69 Å². The highest BCUT2D eigenvalue weighted by molar-refractivity contribution is 5.54. The Morgan fingerprint density at radius 1 is 0.955 bits per heavy atom. The minimum absolute atomic E-state index is 0.121. The minimum Gasteiger partial charge on any atom is -0.399 e. The van der Waals surface area contributed by atoms with Crippen LogP contribution in [0, 0.1) is 0 Å². The van der Waals surface area contributed by atoms with Gasteiger partial charge in [0.25, 0.3) is 0 Å². The van der Waals surface area contributed by atoms with E-state index in [0.717, 1.165) is 12.1 Å². The molecule has 0 amide bonds. The summed E-state index contributed by atoms with van der Waals surface area (Å²) >= 11 is 0. The molecule has 0 radical (unpaired) electrons. The zero-order valence-electron chi connectivity index (χ0n) is 12.9.